The van der Waals surface area contributed by atoms with Gasteiger partial charge in [-0.25, -0.2) is 0 Å². The maximum Gasteiger partial charge on any atom is 0.303 e. The molecule has 0 radical (unpaired) electrons. The summed E-state index contributed by atoms with van der Waals surface area (Å²) in [6.45, 7) is 0.940. The smallest absolute Gasteiger partial charge is 0.303 e. The lowest BCUT2D eigenvalue weighted by molar-refractivity contribution is -0.139. The van der Waals surface area contributed by atoms with Crippen LogP contribution < -0.4 is 5.73 Å². The number of nitrogen functional groups attached to an aromatic ring is 1. The van der Waals surface area contributed by atoms with Crippen LogP contribution in [0.15, 0.2) is 18.2 Å². The number of benzene rings is 1. The minimum atomic E-state index is -0.834. The molecule has 96 valence electrons. The normalized spacial score (nSPS) is 15.3. The lowest BCUT2D eigenvalue weighted by Gasteiger charge is -2.38. The Kier molecular flexibility index (Phi) is 3.43. The summed E-state index contributed by atoms with van der Waals surface area (Å²) in [7, 11) is 0. The SMILES string of the molecule is Nc1cc(Cl)cc(C(=O)N2CC(CC(=O)O)C2)c1. The van der Waals surface area contributed by atoms with E-state index in [-0.39, 0.29) is 18.2 Å². The number of carbonyl (C=O) groups is 2. The van der Waals surface area contributed by atoms with Gasteiger partial charge in [-0.05, 0) is 18.2 Å². The lowest BCUT2D eigenvalue weighted by atomic mass is 9.95. The van der Waals surface area contributed by atoms with Crippen molar-refractivity contribution < 1.29 is 14.7 Å². The summed E-state index contributed by atoms with van der Waals surface area (Å²) in [5.74, 6) is -0.951. The van der Waals surface area contributed by atoms with E-state index in [9.17, 15) is 9.59 Å². The van der Waals surface area contributed by atoms with E-state index < -0.39 is 5.97 Å². The molecule has 1 fully saturated rings. The quantitative estimate of drug-likeness (QED) is 0.813. The second kappa shape index (κ2) is 4.86. The number of aliphatic carboxylic acids is 1. The van der Waals surface area contributed by atoms with E-state index in [1.165, 1.54) is 0 Å². The van der Waals surface area contributed by atoms with Crippen molar-refractivity contribution in [2.75, 3.05) is 18.8 Å². The van der Waals surface area contributed by atoms with Crippen LogP contribution in [0.25, 0.3) is 0 Å². The van der Waals surface area contributed by atoms with Crippen molar-refractivity contribution in [3.05, 3.63) is 28.8 Å². The molecule has 0 atom stereocenters. The molecule has 1 aliphatic heterocycles. The predicted molar refractivity (Wildman–Crippen MR) is 67.5 cm³/mol. The summed E-state index contributed by atoms with van der Waals surface area (Å²) in [5, 5.41) is 9.04. The lowest BCUT2D eigenvalue weighted by Crippen LogP contribution is -2.50. The fourth-order valence-corrected chi connectivity index (χ4v) is 2.27. The topological polar surface area (TPSA) is 83.6 Å². The van der Waals surface area contributed by atoms with Gasteiger partial charge in [-0.2, -0.15) is 0 Å². The Morgan fingerprint density at radius 3 is 2.61 bits per heavy atom. The third kappa shape index (κ3) is 2.73. The molecule has 5 nitrogen and oxygen atoms in total. The molecular weight excluding hydrogens is 256 g/mol. The Morgan fingerprint density at radius 2 is 2.06 bits per heavy atom. The summed E-state index contributed by atoms with van der Waals surface area (Å²) in [6.07, 6.45) is 0.0987. The Bertz CT molecular complexity index is 478. The highest BCUT2D eigenvalue weighted by Gasteiger charge is 2.32. The van der Waals surface area contributed by atoms with Crippen LogP contribution in [0.1, 0.15) is 16.8 Å². The van der Waals surface area contributed by atoms with Crippen LogP contribution in [0, 0.1) is 5.92 Å². The number of likely N-dealkylation sites (tertiary alicyclic amines) is 1. The molecule has 2 rings (SSSR count). The largest absolute Gasteiger partial charge is 0.481 e. The molecule has 3 N–H and O–H groups in total. The third-order valence-corrected chi connectivity index (χ3v) is 3.09. The van der Waals surface area contributed by atoms with Gasteiger partial charge in [-0.3, -0.25) is 9.59 Å². The Morgan fingerprint density at radius 1 is 1.39 bits per heavy atom. The summed E-state index contributed by atoms with van der Waals surface area (Å²) in [5.41, 5.74) is 6.49. The van der Waals surface area contributed by atoms with Gasteiger partial charge in [-0.15, -0.1) is 0 Å². The van der Waals surface area contributed by atoms with Crippen molar-refractivity contribution >= 4 is 29.2 Å². The molecule has 1 aromatic carbocycles. The molecule has 0 aromatic heterocycles. The highest BCUT2D eigenvalue weighted by atomic mass is 35.5. The molecule has 1 aromatic rings. The minimum absolute atomic E-state index is 0.0444. The fourth-order valence-electron chi connectivity index (χ4n) is 2.03. The van der Waals surface area contributed by atoms with Crippen LogP contribution in [0.3, 0.4) is 0 Å². The number of carbonyl (C=O) groups excluding carboxylic acids is 1. The average Bonchev–Trinajstić information content (AvgIpc) is 2.20. The zero-order valence-electron chi connectivity index (χ0n) is 9.60. The van der Waals surface area contributed by atoms with Gasteiger partial charge in [0.2, 0.25) is 0 Å². The van der Waals surface area contributed by atoms with Crippen molar-refractivity contribution in [1.82, 2.24) is 4.90 Å². The van der Waals surface area contributed by atoms with Gasteiger partial charge < -0.3 is 15.7 Å². The number of rotatable bonds is 3. The number of carboxylic acids is 1. The van der Waals surface area contributed by atoms with Gasteiger partial charge >= 0.3 is 5.97 Å². The number of halogens is 1. The fraction of sp³-hybridized carbons (Fsp3) is 0.333. The first-order chi connectivity index (χ1) is 8.45. The highest BCUT2D eigenvalue weighted by Crippen LogP contribution is 2.24. The van der Waals surface area contributed by atoms with Gasteiger partial charge in [0.15, 0.2) is 0 Å². The first-order valence-corrected chi connectivity index (χ1v) is 5.90. The van der Waals surface area contributed by atoms with E-state index in [1.54, 1.807) is 23.1 Å². The second-order valence-electron chi connectivity index (χ2n) is 4.45. The highest BCUT2D eigenvalue weighted by molar-refractivity contribution is 6.31. The molecule has 1 aliphatic rings. The monoisotopic (exact) mass is 268 g/mol. The van der Waals surface area contributed by atoms with Crippen LogP contribution in [0.4, 0.5) is 5.69 Å². The maximum absolute atomic E-state index is 12.0. The van der Waals surface area contributed by atoms with Crippen LogP contribution >= 0.6 is 11.6 Å². The van der Waals surface area contributed by atoms with Gasteiger partial charge in [0.25, 0.3) is 5.91 Å². The van der Waals surface area contributed by atoms with Crippen LogP contribution in [0.2, 0.25) is 5.02 Å². The van der Waals surface area contributed by atoms with Crippen LogP contribution in [0.5, 0.6) is 0 Å². The Labute approximate surface area is 109 Å². The second-order valence-corrected chi connectivity index (χ2v) is 4.88. The summed E-state index contributed by atoms with van der Waals surface area (Å²) < 4.78 is 0. The molecule has 0 saturated carbocycles. The van der Waals surface area contributed by atoms with E-state index >= 15 is 0 Å². The number of hydrogen-bond donors (Lipinski definition) is 2. The van der Waals surface area contributed by atoms with Gasteiger partial charge in [0.05, 0.1) is 6.42 Å². The first kappa shape index (κ1) is 12.7. The van der Waals surface area contributed by atoms with Crippen LogP contribution in [-0.4, -0.2) is 35.0 Å². The van der Waals surface area contributed by atoms with Gasteiger partial charge in [0.1, 0.15) is 0 Å². The van der Waals surface area contributed by atoms with E-state index in [0.717, 1.165) is 0 Å². The average molecular weight is 269 g/mol. The zero-order valence-corrected chi connectivity index (χ0v) is 10.4. The van der Waals surface area contributed by atoms with Crippen molar-refractivity contribution in [2.45, 2.75) is 6.42 Å². The van der Waals surface area contributed by atoms with Gasteiger partial charge in [-0.1, -0.05) is 11.6 Å². The molecule has 1 amide bonds. The molecule has 0 bridgehead atoms. The summed E-state index contributed by atoms with van der Waals surface area (Å²) in [6, 6.07) is 4.70. The summed E-state index contributed by atoms with van der Waals surface area (Å²) in [4.78, 5) is 24.1. The number of hydrogen-bond acceptors (Lipinski definition) is 3. The number of carboxylic acid groups (broad SMARTS) is 1. The molecule has 1 heterocycles. The molecule has 0 spiro atoms. The predicted octanol–water partition coefficient (Wildman–Crippen LogP) is 1.47. The molecule has 0 unspecified atom stereocenters. The van der Waals surface area contributed by atoms with Crippen molar-refractivity contribution in [1.29, 1.82) is 0 Å². The Balaban J connectivity index is 1.99. The molecular formula is C12H13ClN2O3. The first-order valence-electron chi connectivity index (χ1n) is 5.53. The minimum Gasteiger partial charge on any atom is -0.481 e. The molecule has 18 heavy (non-hydrogen) atoms. The number of anilines is 1. The number of nitrogens with zero attached hydrogens (tertiary/aromatic N) is 1. The van der Waals surface area contributed by atoms with Gasteiger partial charge in [0, 0.05) is 35.3 Å². The Hall–Kier alpha value is -1.75. The standard InChI is InChI=1S/C12H13ClN2O3/c13-9-2-8(3-10(14)4-9)12(18)15-5-7(6-15)1-11(16)17/h2-4,7H,1,5-6,14H2,(H,16,17). The van der Waals surface area contributed by atoms with E-state index in [0.29, 0.717) is 29.4 Å². The van der Waals surface area contributed by atoms with Crippen molar-refractivity contribution in [3.63, 3.8) is 0 Å². The van der Waals surface area contributed by atoms with Crippen molar-refractivity contribution in [3.8, 4) is 0 Å². The maximum atomic E-state index is 12.0. The molecule has 6 heteroatoms. The van der Waals surface area contributed by atoms with E-state index in [4.69, 9.17) is 22.4 Å². The van der Waals surface area contributed by atoms with E-state index in [2.05, 4.69) is 0 Å². The zero-order chi connectivity index (χ0) is 13.3. The molecule has 1 saturated heterocycles. The summed E-state index contributed by atoms with van der Waals surface area (Å²) >= 11 is 5.83. The molecule has 0 aliphatic carbocycles. The number of nitrogens with two attached hydrogens (primary N) is 1. The van der Waals surface area contributed by atoms with Crippen LogP contribution in [-0.2, 0) is 4.79 Å². The third-order valence-electron chi connectivity index (χ3n) is 2.87. The van der Waals surface area contributed by atoms with E-state index in [1.807, 2.05) is 0 Å². The van der Waals surface area contributed by atoms with Crippen molar-refractivity contribution in [2.24, 2.45) is 5.92 Å². The number of amides is 1.